The summed E-state index contributed by atoms with van der Waals surface area (Å²) in [6.45, 7) is 8.99. The zero-order chi connectivity index (χ0) is 17.6. The van der Waals surface area contributed by atoms with Gasteiger partial charge in [0.1, 0.15) is 5.60 Å². The van der Waals surface area contributed by atoms with Crippen molar-refractivity contribution in [3.05, 3.63) is 33.8 Å². The van der Waals surface area contributed by atoms with Crippen LogP contribution in [0.3, 0.4) is 0 Å². The van der Waals surface area contributed by atoms with Crippen molar-refractivity contribution < 1.29 is 9.53 Å². The van der Waals surface area contributed by atoms with Crippen LogP contribution in [0.4, 0.5) is 4.79 Å². The number of benzene rings is 1. The molecule has 1 rings (SSSR count). The van der Waals surface area contributed by atoms with E-state index in [1.54, 1.807) is 18.0 Å². The van der Waals surface area contributed by atoms with Gasteiger partial charge in [0.15, 0.2) is 0 Å². The van der Waals surface area contributed by atoms with E-state index in [1.165, 1.54) is 0 Å². The fourth-order valence-corrected chi connectivity index (χ4v) is 2.50. The van der Waals surface area contributed by atoms with Crippen molar-refractivity contribution >= 4 is 29.3 Å². The summed E-state index contributed by atoms with van der Waals surface area (Å²) < 4.78 is 5.31. The van der Waals surface area contributed by atoms with Crippen LogP contribution in [0.5, 0.6) is 0 Å². The summed E-state index contributed by atoms with van der Waals surface area (Å²) in [7, 11) is 1.74. The number of carbonyl (C=O) groups excluding carboxylic acids is 1. The second-order valence-corrected chi connectivity index (χ2v) is 7.36. The monoisotopic (exact) mass is 360 g/mol. The molecule has 6 heteroatoms. The highest BCUT2D eigenvalue weighted by Gasteiger charge is 2.19. The number of amides is 1. The standard InChI is InChI=1S/C17H26Cl2N2O2/c1-12(13-8-6-9-14(18)15(13)19)20-10-7-11-21(5)16(22)23-17(2,3)4/h6,8-9,12,20H,7,10-11H2,1-5H3. The Bertz CT molecular complexity index is 530. The Morgan fingerprint density at radius 2 is 2.00 bits per heavy atom. The van der Waals surface area contributed by atoms with E-state index in [-0.39, 0.29) is 12.1 Å². The predicted octanol–water partition coefficient (Wildman–Crippen LogP) is 4.90. The average Bonchev–Trinajstić information content (AvgIpc) is 2.44. The Hall–Kier alpha value is -0.970. The molecule has 1 N–H and O–H groups in total. The molecule has 0 radical (unpaired) electrons. The van der Waals surface area contributed by atoms with Crippen molar-refractivity contribution in [1.82, 2.24) is 10.2 Å². The van der Waals surface area contributed by atoms with Crippen LogP contribution in [0, 0.1) is 0 Å². The lowest BCUT2D eigenvalue weighted by molar-refractivity contribution is 0.0297. The predicted molar refractivity (Wildman–Crippen MR) is 96.4 cm³/mol. The average molecular weight is 361 g/mol. The minimum absolute atomic E-state index is 0.0908. The minimum atomic E-state index is -0.471. The first-order chi connectivity index (χ1) is 10.6. The summed E-state index contributed by atoms with van der Waals surface area (Å²) in [5.41, 5.74) is 0.501. The van der Waals surface area contributed by atoms with E-state index < -0.39 is 5.60 Å². The fraction of sp³-hybridized carbons (Fsp3) is 0.588. The van der Waals surface area contributed by atoms with Crippen LogP contribution in [0.25, 0.3) is 0 Å². The molecule has 1 atom stereocenters. The van der Waals surface area contributed by atoms with E-state index in [0.29, 0.717) is 16.6 Å². The SMILES string of the molecule is CC(NCCCN(C)C(=O)OC(C)(C)C)c1cccc(Cl)c1Cl. The molecule has 0 heterocycles. The molecule has 1 amide bonds. The fourth-order valence-electron chi connectivity index (χ4n) is 2.03. The van der Waals surface area contributed by atoms with E-state index >= 15 is 0 Å². The molecular weight excluding hydrogens is 335 g/mol. The number of nitrogens with zero attached hydrogens (tertiary/aromatic N) is 1. The maximum Gasteiger partial charge on any atom is 0.410 e. The van der Waals surface area contributed by atoms with Crippen LogP contribution in [0.1, 0.15) is 45.7 Å². The van der Waals surface area contributed by atoms with E-state index in [2.05, 4.69) is 5.32 Å². The van der Waals surface area contributed by atoms with Crippen LogP contribution >= 0.6 is 23.2 Å². The lowest BCUT2D eigenvalue weighted by atomic mass is 10.1. The summed E-state index contributed by atoms with van der Waals surface area (Å²) in [4.78, 5) is 13.4. The number of hydrogen-bond acceptors (Lipinski definition) is 3. The summed E-state index contributed by atoms with van der Waals surface area (Å²) in [6.07, 6.45) is 0.515. The van der Waals surface area contributed by atoms with Crippen LogP contribution in [-0.2, 0) is 4.74 Å². The highest BCUT2D eigenvalue weighted by molar-refractivity contribution is 6.42. The Kier molecular flexibility index (Phi) is 7.65. The van der Waals surface area contributed by atoms with E-state index in [9.17, 15) is 4.79 Å². The second-order valence-electron chi connectivity index (χ2n) is 6.57. The smallest absolute Gasteiger partial charge is 0.410 e. The van der Waals surface area contributed by atoms with Crippen molar-refractivity contribution in [2.75, 3.05) is 20.1 Å². The van der Waals surface area contributed by atoms with Crippen LogP contribution in [-0.4, -0.2) is 36.7 Å². The third kappa shape index (κ3) is 6.98. The van der Waals surface area contributed by atoms with Gasteiger partial charge in [-0.15, -0.1) is 0 Å². The Morgan fingerprint density at radius 3 is 2.61 bits per heavy atom. The first-order valence-electron chi connectivity index (χ1n) is 7.73. The van der Waals surface area contributed by atoms with Gasteiger partial charge in [0.2, 0.25) is 0 Å². The topological polar surface area (TPSA) is 41.6 Å². The van der Waals surface area contributed by atoms with Crippen molar-refractivity contribution in [1.29, 1.82) is 0 Å². The summed E-state index contributed by atoms with van der Waals surface area (Å²) in [5, 5.41) is 4.53. The molecule has 0 fully saturated rings. The van der Waals surface area contributed by atoms with Crippen LogP contribution in [0.2, 0.25) is 10.0 Å². The van der Waals surface area contributed by atoms with Gasteiger partial charge in [0, 0.05) is 19.6 Å². The molecule has 0 aliphatic carbocycles. The molecule has 1 aromatic rings. The summed E-state index contributed by atoms with van der Waals surface area (Å²) in [6, 6.07) is 5.71. The summed E-state index contributed by atoms with van der Waals surface area (Å²) >= 11 is 12.2. The molecular formula is C17H26Cl2N2O2. The highest BCUT2D eigenvalue weighted by atomic mass is 35.5. The molecule has 0 aromatic heterocycles. The molecule has 130 valence electrons. The van der Waals surface area contributed by atoms with Crippen molar-refractivity contribution in [2.24, 2.45) is 0 Å². The molecule has 0 aliphatic heterocycles. The van der Waals surface area contributed by atoms with Crippen molar-refractivity contribution in [3.63, 3.8) is 0 Å². The molecule has 23 heavy (non-hydrogen) atoms. The largest absolute Gasteiger partial charge is 0.444 e. The molecule has 4 nitrogen and oxygen atoms in total. The second kappa shape index (κ2) is 8.76. The number of hydrogen-bond donors (Lipinski definition) is 1. The van der Waals surface area contributed by atoms with Gasteiger partial charge in [0.25, 0.3) is 0 Å². The lowest BCUT2D eigenvalue weighted by Gasteiger charge is -2.25. The van der Waals surface area contributed by atoms with Gasteiger partial charge in [-0.05, 0) is 52.3 Å². The number of rotatable bonds is 6. The third-order valence-corrected chi connectivity index (χ3v) is 4.11. The van der Waals surface area contributed by atoms with Gasteiger partial charge in [-0.25, -0.2) is 4.79 Å². The van der Waals surface area contributed by atoms with E-state index in [0.717, 1.165) is 18.5 Å². The number of carbonyl (C=O) groups is 1. The lowest BCUT2D eigenvalue weighted by Crippen LogP contribution is -2.35. The van der Waals surface area contributed by atoms with Gasteiger partial charge in [-0.2, -0.15) is 0 Å². The van der Waals surface area contributed by atoms with E-state index in [1.807, 2.05) is 39.8 Å². The zero-order valence-electron chi connectivity index (χ0n) is 14.5. The highest BCUT2D eigenvalue weighted by Crippen LogP contribution is 2.29. The first kappa shape index (κ1) is 20.1. The normalized spacial score (nSPS) is 12.8. The molecule has 0 spiro atoms. The van der Waals surface area contributed by atoms with Gasteiger partial charge >= 0.3 is 6.09 Å². The molecule has 0 saturated heterocycles. The number of ether oxygens (including phenoxy) is 1. The Morgan fingerprint density at radius 1 is 1.35 bits per heavy atom. The van der Waals surface area contributed by atoms with Crippen LogP contribution in [0.15, 0.2) is 18.2 Å². The molecule has 0 saturated carbocycles. The van der Waals surface area contributed by atoms with E-state index in [4.69, 9.17) is 27.9 Å². The zero-order valence-corrected chi connectivity index (χ0v) is 16.0. The number of nitrogens with one attached hydrogen (secondary N) is 1. The van der Waals surface area contributed by atoms with Gasteiger partial charge in [-0.3, -0.25) is 0 Å². The Labute approximate surface area is 149 Å². The van der Waals surface area contributed by atoms with Crippen LogP contribution < -0.4 is 5.32 Å². The van der Waals surface area contributed by atoms with Gasteiger partial charge in [0.05, 0.1) is 10.0 Å². The molecule has 0 bridgehead atoms. The quantitative estimate of drug-likeness (QED) is 0.733. The van der Waals surface area contributed by atoms with Crippen molar-refractivity contribution in [2.45, 2.75) is 45.8 Å². The van der Waals surface area contributed by atoms with Gasteiger partial charge in [-0.1, -0.05) is 35.3 Å². The van der Waals surface area contributed by atoms with Gasteiger partial charge < -0.3 is 15.0 Å². The Balaban J connectivity index is 2.37. The molecule has 0 aliphatic rings. The number of halogens is 2. The van der Waals surface area contributed by atoms with Crippen molar-refractivity contribution in [3.8, 4) is 0 Å². The summed E-state index contributed by atoms with van der Waals surface area (Å²) in [5.74, 6) is 0. The third-order valence-electron chi connectivity index (χ3n) is 3.27. The minimum Gasteiger partial charge on any atom is -0.444 e. The first-order valence-corrected chi connectivity index (χ1v) is 8.49. The molecule has 1 aromatic carbocycles. The maximum absolute atomic E-state index is 11.8. The molecule has 1 unspecified atom stereocenters. The maximum atomic E-state index is 11.8.